The van der Waals surface area contributed by atoms with Gasteiger partial charge >= 0.3 is 0 Å². The van der Waals surface area contributed by atoms with E-state index in [2.05, 4.69) is 40.3 Å². The van der Waals surface area contributed by atoms with Crippen molar-refractivity contribution < 1.29 is 5.11 Å². The summed E-state index contributed by atoms with van der Waals surface area (Å²) in [5, 5.41) is 12.5. The number of hydrogen-bond acceptors (Lipinski definition) is 2. The molecule has 3 heteroatoms. The molecular weight excluding hydrogens is 302 g/mol. The summed E-state index contributed by atoms with van der Waals surface area (Å²) >= 11 is 3.57. The molecule has 0 bridgehead atoms. The number of aliphatic hydroxyl groups excluding tert-OH is 1. The van der Waals surface area contributed by atoms with Crippen molar-refractivity contribution in [2.45, 2.75) is 26.1 Å². The number of benzene rings is 2. The summed E-state index contributed by atoms with van der Waals surface area (Å²) in [6, 6.07) is 16.5. The maximum atomic E-state index is 9.00. The topological polar surface area (TPSA) is 32.3 Å². The van der Waals surface area contributed by atoms with Crippen LogP contribution in [-0.4, -0.2) is 5.11 Å². The van der Waals surface area contributed by atoms with Crippen molar-refractivity contribution in [3.63, 3.8) is 0 Å². The Hall–Kier alpha value is -1.16. The molecule has 0 aliphatic carbocycles. The van der Waals surface area contributed by atoms with E-state index < -0.39 is 0 Å². The van der Waals surface area contributed by atoms with Crippen LogP contribution >= 0.6 is 15.9 Å². The molecule has 0 aliphatic heterocycles. The average Bonchev–Trinajstić information content (AvgIpc) is 2.46. The summed E-state index contributed by atoms with van der Waals surface area (Å²) in [6.07, 6.45) is 0. The highest BCUT2D eigenvalue weighted by atomic mass is 79.9. The van der Waals surface area contributed by atoms with E-state index in [4.69, 9.17) is 5.11 Å². The van der Waals surface area contributed by atoms with E-state index in [1.54, 1.807) is 0 Å². The Morgan fingerprint density at radius 1 is 1.05 bits per heavy atom. The molecule has 0 aromatic heterocycles. The van der Waals surface area contributed by atoms with Gasteiger partial charge in [0.2, 0.25) is 0 Å². The van der Waals surface area contributed by atoms with Crippen LogP contribution in [0.5, 0.6) is 0 Å². The monoisotopic (exact) mass is 319 g/mol. The number of aliphatic hydroxyl groups is 1. The zero-order valence-electron chi connectivity index (χ0n) is 10.9. The van der Waals surface area contributed by atoms with Gasteiger partial charge in [-0.25, -0.2) is 0 Å². The van der Waals surface area contributed by atoms with Gasteiger partial charge in [-0.05, 0) is 29.7 Å². The van der Waals surface area contributed by atoms with Crippen LogP contribution in [0.25, 0.3) is 0 Å². The van der Waals surface area contributed by atoms with Crippen LogP contribution in [0.1, 0.15) is 29.7 Å². The van der Waals surface area contributed by atoms with Gasteiger partial charge in [0.25, 0.3) is 0 Å². The second-order valence-corrected chi connectivity index (χ2v) is 5.45. The second-order valence-electron chi connectivity index (χ2n) is 4.60. The lowest BCUT2D eigenvalue weighted by atomic mass is 10.1. The normalized spacial score (nSPS) is 12.4. The minimum atomic E-state index is 0.0983. The first-order chi connectivity index (χ1) is 9.20. The van der Waals surface area contributed by atoms with Gasteiger partial charge in [0, 0.05) is 17.1 Å². The van der Waals surface area contributed by atoms with Crippen molar-refractivity contribution in [1.82, 2.24) is 5.32 Å². The van der Waals surface area contributed by atoms with E-state index in [9.17, 15) is 0 Å². The Labute approximate surface area is 122 Å². The Morgan fingerprint density at radius 2 is 1.68 bits per heavy atom. The molecule has 2 aromatic carbocycles. The highest BCUT2D eigenvalue weighted by Crippen LogP contribution is 2.22. The molecule has 1 atom stereocenters. The van der Waals surface area contributed by atoms with Gasteiger partial charge < -0.3 is 10.4 Å². The highest BCUT2D eigenvalue weighted by molar-refractivity contribution is 9.10. The zero-order chi connectivity index (χ0) is 13.7. The summed E-state index contributed by atoms with van der Waals surface area (Å²) in [7, 11) is 0. The first-order valence-electron chi connectivity index (χ1n) is 6.37. The van der Waals surface area contributed by atoms with Gasteiger partial charge in [-0.15, -0.1) is 0 Å². The number of rotatable bonds is 5. The predicted octanol–water partition coefficient (Wildman–Crippen LogP) is 3.79. The van der Waals surface area contributed by atoms with Crippen LogP contribution in [0.15, 0.2) is 53.0 Å². The molecule has 0 saturated carbocycles. The SMILES string of the molecule is C[C@H](NCc1ccc(CO)cc1)c1ccccc1Br. The molecule has 100 valence electrons. The fraction of sp³-hybridized carbons (Fsp3) is 0.250. The minimum Gasteiger partial charge on any atom is -0.392 e. The van der Waals surface area contributed by atoms with Gasteiger partial charge in [0.05, 0.1) is 6.61 Å². The molecule has 0 unspecified atom stereocenters. The van der Waals surface area contributed by atoms with Gasteiger partial charge in [-0.1, -0.05) is 58.4 Å². The number of nitrogens with one attached hydrogen (secondary N) is 1. The summed E-state index contributed by atoms with van der Waals surface area (Å²) in [5.41, 5.74) is 3.42. The summed E-state index contributed by atoms with van der Waals surface area (Å²) in [4.78, 5) is 0. The quantitative estimate of drug-likeness (QED) is 0.878. The standard InChI is InChI=1S/C16H18BrNO/c1-12(15-4-2-3-5-16(15)17)18-10-13-6-8-14(11-19)9-7-13/h2-9,12,18-19H,10-11H2,1H3/t12-/m0/s1. The molecule has 0 fully saturated rings. The van der Waals surface area contributed by atoms with Crippen LogP contribution in [-0.2, 0) is 13.2 Å². The Balaban J connectivity index is 1.96. The third-order valence-corrected chi connectivity index (χ3v) is 3.91. The van der Waals surface area contributed by atoms with E-state index in [1.165, 1.54) is 11.1 Å². The molecule has 0 amide bonds. The van der Waals surface area contributed by atoms with Crippen molar-refractivity contribution in [2.24, 2.45) is 0 Å². The van der Waals surface area contributed by atoms with E-state index >= 15 is 0 Å². The molecule has 0 radical (unpaired) electrons. The van der Waals surface area contributed by atoms with Crippen LogP contribution in [0.2, 0.25) is 0 Å². The van der Waals surface area contributed by atoms with Crippen molar-refractivity contribution in [2.75, 3.05) is 0 Å². The molecule has 0 saturated heterocycles. The predicted molar refractivity (Wildman–Crippen MR) is 81.8 cm³/mol. The highest BCUT2D eigenvalue weighted by Gasteiger charge is 2.07. The van der Waals surface area contributed by atoms with Crippen molar-refractivity contribution in [1.29, 1.82) is 0 Å². The fourth-order valence-corrected chi connectivity index (χ4v) is 2.60. The number of halogens is 1. The lowest BCUT2D eigenvalue weighted by Crippen LogP contribution is -2.18. The first kappa shape index (κ1) is 14.3. The third-order valence-electron chi connectivity index (χ3n) is 3.19. The molecule has 2 nitrogen and oxygen atoms in total. The maximum Gasteiger partial charge on any atom is 0.0681 e. The van der Waals surface area contributed by atoms with E-state index in [0.29, 0.717) is 0 Å². The largest absolute Gasteiger partial charge is 0.392 e. The maximum absolute atomic E-state index is 9.00. The van der Waals surface area contributed by atoms with E-state index in [-0.39, 0.29) is 12.6 Å². The lowest BCUT2D eigenvalue weighted by Gasteiger charge is -2.16. The molecule has 0 aliphatic rings. The number of hydrogen-bond donors (Lipinski definition) is 2. The van der Waals surface area contributed by atoms with Crippen molar-refractivity contribution in [3.8, 4) is 0 Å². The third kappa shape index (κ3) is 3.90. The summed E-state index contributed by atoms with van der Waals surface area (Å²) < 4.78 is 1.13. The summed E-state index contributed by atoms with van der Waals surface area (Å²) in [5.74, 6) is 0. The van der Waals surface area contributed by atoms with Gasteiger partial charge in [-0.2, -0.15) is 0 Å². The fourth-order valence-electron chi connectivity index (χ4n) is 1.97. The second kappa shape index (κ2) is 6.85. The molecule has 2 aromatic rings. The van der Waals surface area contributed by atoms with Gasteiger partial charge in [-0.3, -0.25) is 0 Å². The van der Waals surface area contributed by atoms with Gasteiger partial charge in [0.15, 0.2) is 0 Å². The molecule has 19 heavy (non-hydrogen) atoms. The Kier molecular flexibility index (Phi) is 5.14. The van der Waals surface area contributed by atoms with Crippen molar-refractivity contribution >= 4 is 15.9 Å². The van der Waals surface area contributed by atoms with Crippen LogP contribution < -0.4 is 5.32 Å². The van der Waals surface area contributed by atoms with Crippen LogP contribution in [0.3, 0.4) is 0 Å². The first-order valence-corrected chi connectivity index (χ1v) is 7.16. The molecule has 0 spiro atoms. The van der Waals surface area contributed by atoms with Crippen LogP contribution in [0, 0.1) is 0 Å². The lowest BCUT2D eigenvalue weighted by molar-refractivity contribution is 0.282. The average molecular weight is 320 g/mol. The minimum absolute atomic E-state index is 0.0983. The molecule has 0 heterocycles. The smallest absolute Gasteiger partial charge is 0.0681 e. The van der Waals surface area contributed by atoms with E-state index in [1.807, 2.05) is 36.4 Å². The van der Waals surface area contributed by atoms with Crippen molar-refractivity contribution in [3.05, 3.63) is 69.7 Å². The summed E-state index contributed by atoms with van der Waals surface area (Å²) in [6.45, 7) is 3.07. The molecular formula is C16H18BrNO. The molecule has 2 N–H and O–H groups in total. The van der Waals surface area contributed by atoms with Crippen LogP contribution in [0.4, 0.5) is 0 Å². The Morgan fingerprint density at radius 3 is 2.32 bits per heavy atom. The zero-order valence-corrected chi connectivity index (χ0v) is 12.5. The van der Waals surface area contributed by atoms with E-state index in [0.717, 1.165) is 16.6 Å². The molecule has 2 rings (SSSR count). The Bertz CT molecular complexity index is 525. The van der Waals surface area contributed by atoms with Gasteiger partial charge in [0.1, 0.15) is 0 Å².